The summed E-state index contributed by atoms with van der Waals surface area (Å²) >= 11 is 1.35. The van der Waals surface area contributed by atoms with Crippen LogP contribution < -0.4 is 4.90 Å². The van der Waals surface area contributed by atoms with Crippen molar-refractivity contribution in [3.8, 4) is 0 Å². The molecule has 0 atom stereocenters. The summed E-state index contributed by atoms with van der Waals surface area (Å²) in [5, 5.41) is 0. The molecular formula is C25H21NO2S. The van der Waals surface area contributed by atoms with Gasteiger partial charge in [0.05, 0.1) is 16.2 Å². The molecule has 0 aliphatic carbocycles. The van der Waals surface area contributed by atoms with E-state index in [1.807, 2.05) is 93.6 Å². The zero-order valence-corrected chi connectivity index (χ0v) is 17.4. The maximum absolute atomic E-state index is 13.5. The van der Waals surface area contributed by atoms with Crippen molar-refractivity contribution in [3.05, 3.63) is 100.0 Å². The summed E-state index contributed by atoms with van der Waals surface area (Å²) in [4.78, 5) is 29.6. The van der Waals surface area contributed by atoms with Gasteiger partial charge in [0.15, 0.2) is 0 Å². The van der Waals surface area contributed by atoms with Crippen LogP contribution in [0.2, 0.25) is 0 Å². The third-order valence-corrected chi connectivity index (χ3v) is 6.03. The van der Waals surface area contributed by atoms with E-state index in [0.29, 0.717) is 16.2 Å². The Morgan fingerprint density at radius 3 is 2.03 bits per heavy atom. The Labute approximate surface area is 175 Å². The molecule has 144 valence electrons. The van der Waals surface area contributed by atoms with Gasteiger partial charge in [-0.15, -0.1) is 0 Å². The Morgan fingerprint density at radius 2 is 1.38 bits per heavy atom. The van der Waals surface area contributed by atoms with Gasteiger partial charge in [0.1, 0.15) is 0 Å². The molecule has 3 nitrogen and oxygen atoms in total. The fourth-order valence-corrected chi connectivity index (χ4v) is 4.48. The van der Waals surface area contributed by atoms with E-state index in [1.54, 1.807) is 0 Å². The topological polar surface area (TPSA) is 37.4 Å². The lowest BCUT2D eigenvalue weighted by Crippen LogP contribution is -2.31. The molecule has 0 aromatic heterocycles. The third kappa shape index (κ3) is 3.64. The summed E-state index contributed by atoms with van der Waals surface area (Å²) in [6.07, 6.45) is 0. The maximum Gasteiger partial charge on any atom is 0.272 e. The Hall–Kier alpha value is -3.11. The number of aryl methyl sites for hydroxylation is 3. The molecule has 4 heteroatoms. The molecule has 0 saturated heterocycles. The molecule has 0 bridgehead atoms. The monoisotopic (exact) mass is 399 g/mol. The maximum atomic E-state index is 13.5. The summed E-state index contributed by atoms with van der Waals surface area (Å²) < 4.78 is 0. The lowest BCUT2D eigenvalue weighted by molar-refractivity contribution is -0.119. The number of rotatable bonds is 4. The molecular weight excluding hydrogens is 378 g/mol. The Bertz CT molecular complexity index is 1130. The zero-order valence-electron chi connectivity index (χ0n) is 16.6. The van der Waals surface area contributed by atoms with Crippen molar-refractivity contribution < 1.29 is 9.59 Å². The van der Waals surface area contributed by atoms with Gasteiger partial charge in [0, 0.05) is 4.90 Å². The first-order chi connectivity index (χ1) is 14.0. The number of hydrogen-bond donors (Lipinski definition) is 0. The summed E-state index contributed by atoms with van der Waals surface area (Å²) in [7, 11) is 0. The van der Waals surface area contributed by atoms with Crippen LogP contribution in [0.3, 0.4) is 0 Å². The summed E-state index contributed by atoms with van der Waals surface area (Å²) in [5.74, 6) is -0.546. The highest BCUT2D eigenvalue weighted by atomic mass is 32.2. The molecule has 0 radical (unpaired) electrons. The van der Waals surface area contributed by atoms with Gasteiger partial charge in [-0.05, 0) is 50.1 Å². The molecule has 0 spiro atoms. The number of nitrogens with zero attached hydrogens (tertiary/aromatic N) is 1. The van der Waals surface area contributed by atoms with Gasteiger partial charge in [-0.2, -0.15) is 0 Å². The predicted octanol–water partition coefficient (Wildman–Crippen LogP) is 5.69. The number of carbonyl (C=O) groups excluding carboxylic acids is 2. The summed E-state index contributed by atoms with van der Waals surface area (Å²) in [6, 6.07) is 23.2. The second-order valence-corrected chi connectivity index (χ2v) is 8.30. The molecule has 3 aromatic carbocycles. The third-order valence-electron chi connectivity index (χ3n) is 4.94. The Morgan fingerprint density at radius 1 is 0.724 bits per heavy atom. The minimum Gasteiger partial charge on any atom is -0.268 e. The molecule has 1 aliphatic rings. The average molecular weight is 400 g/mol. The molecule has 29 heavy (non-hydrogen) atoms. The average Bonchev–Trinajstić information content (AvgIpc) is 2.94. The van der Waals surface area contributed by atoms with Crippen LogP contribution in [-0.4, -0.2) is 11.8 Å². The van der Waals surface area contributed by atoms with Crippen molar-refractivity contribution in [1.82, 2.24) is 0 Å². The zero-order chi connectivity index (χ0) is 20.5. The van der Waals surface area contributed by atoms with Gasteiger partial charge < -0.3 is 0 Å². The normalized spacial score (nSPS) is 14.1. The lowest BCUT2D eigenvalue weighted by atomic mass is 10.0. The minimum atomic E-state index is -0.274. The number of imide groups is 1. The standard InChI is InChI=1S/C25H21NO2S/c1-16-9-12-19(13-10-16)22-23(29-20-7-5-4-6-8-20)25(28)26(24(22)27)21-14-11-17(2)15-18(21)3/h4-15H,1-3H3. The van der Waals surface area contributed by atoms with Crippen molar-refractivity contribution in [2.45, 2.75) is 25.7 Å². The molecule has 0 fully saturated rings. The molecule has 0 N–H and O–H groups in total. The van der Waals surface area contributed by atoms with E-state index >= 15 is 0 Å². The van der Waals surface area contributed by atoms with Crippen molar-refractivity contribution in [2.75, 3.05) is 4.90 Å². The Kier molecular flexibility index (Phi) is 5.12. The largest absolute Gasteiger partial charge is 0.272 e. The van der Waals surface area contributed by atoms with E-state index in [2.05, 4.69) is 0 Å². The number of benzene rings is 3. The quantitative estimate of drug-likeness (QED) is 0.529. The van der Waals surface area contributed by atoms with Crippen molar-refractivity contribution in [3.63, 3.8) is 0 Å². The summed E-state index contributed by atoms with van der Waals surface area (Å²) in [5.41, 5.74) is 4.97. The van der Waals surface area contributed by atoms with Crippen LogP contribution in [0.1, 0.15) is 22.3 Å². The number of hydrogen-bond acceptors (Lipinski definition) is 3. The van der Waals surface area contributed by atoms with Gasteiger partial charge >= 0.3 is 0 Å². The molecule has 0 saturated carbocycles. The predicted molar refractivity (Wildman–Crippen MR) is 119 cm³/mol. The van der Waals surface area contributed by atoms with E-state index in [0.717, 1.165) is 27.1 Å². The molecule has 1 heterocycles. The SMILES string of the molecule is Cc1ccc(C2=C(Sc3ccccc3)C(=O)N(c3ccc(C)cc3C)C2=O)cc1. The van der Waals surface area contributed by atoms with Gasteiger partial charge in [0.2, 0.25) is 0 Å². The first-order valence-corrected chi connectivity index (χ1v) is 10.3. The van der Waals surface area contributed by atoms with Gasteiger partial charge in [0.25, 0.3) is 11.8 Å². The van der Waals surface area contributed by atoms with E-state index in [1.165, 1.54) is 16.7 Å². The lowest BCUT2D eigenvalue weighted by Gasteiger charge is -2.18. The second kappa shape index (κ2) is 7.72. The van der Waals surface area contributed by atoms with Crippen LogP contribution >= 0.6 is 11.8 Å². The fourth-order valence-electron chi connectivity index (χ4n) is 3.46. The van der Waals surface area contributed by atoms with Crippen LogP contribution in [0.5, 0.6) is 0 Å². The number of thioether (sulfide) groups is 1. The molecule has 4 rings (SSSR count). The van der Waals surface area contributed by atoms with Crippen LogP contribution in [-0.2, 0) is 9.59 Å². The Balaban J connectivity index is 1.84. The molecule has 0 unspecified atom stereocenters. The van der Waals surface area contributed by atoms with Gasteiger partial charge in [-0.25, -0.2) is 4.90 Å². The minimum absolute atomic E-state index is 0.272. The summed E-state index contributed by atoms with van der Waals surface area (Å²) in [6.45, 7) is 5.93. The van der Waals surface area contributed by atoms with Gasteiger partial charge in [-0.3, -0.25) is 9.59 Å². The van der Waals surface area contributed by atoms with E-state index in [9.17, 15) is 9.59 Å². The van der Waals surface area contributed by atoms with Crippen molar-refractivity contribution in [2.24, 2.45) is 0 Å². The number of amides is 2. The highest BCUT2D eigenvalue weighted by Crippen LogP contribution is 2.42. The van der Waals surface area contributed by atoms with Crippen LogP contribution in [0, 0.1) is 20.8 Å². The second-order valence-electron chi connectivity index (χ2n) is 7.22. The van der Waals surface area contributed by atoms with E-state index in [-0.39, 0.29) is 11.8 Å². The number of anilines is 1. The first-order valence-electron chi connectivity index (χ1n) is 9.46. The van der Waals surface area contributed by atoms with Crippen LogP contribution in [0.4, 0.5) is 5.69 Å². The molecule has 1 aliphatic heterocycles. The highest BCUT2D eigenvalue weighted by molar-refractivity contribution is 8.04. The smallest absolute Gasteiger partial charge is 0.268 e. The first kappa shape index (κ1) is 19.2. The molecule has 3 aromatic rings. The van der Waals surface area contributed by atoms with Crippen LogP contribution in [0.25, 0.3) is 5.57 Å². The van der Waals surface area contributed by atoms with Crippen molar-refractivity contribution in [1.29, 1.82) is 0 Å². The van der Waals surface area contributed by atoms with E-state index in [4.69, 9.17) is 0 Å². The fraction of sp³-hybridized carbons (Fsp3) is 0.120. The molecule has 2 amide bonds. The van der Waals surface area contributed by atoms with Gasteiger partial charge in [-0.1, -0.05) is 77.5 Å². The van der Waals surface area contributed by atoms with E-state index < -0.39 is 0 Å². The van der Waals surface area contributed by atoms with Crippen molar-refractivity contribution >= 4 is 34.8 Å². The number of carbonyl (C=O) groups is 2. The highest BCUT2D eigenvalue weighted by Gasteiger charge is 2.40. The van der Waals surface area contributed by atoms with Crippen LogP contribution in [0.15, 0.2) is 82.6 Å².